The first-order chi connectivity index (χ1) is 10.4. The molecule has 22 heavy (non-hydrogen) atoms. The third-order valence-electron chi connectivity index (χ3n) is 3.88. The highest BCUT2D eigenvalue weighted by Gasteiger charge is 2.40. The van der Waals surface area contributed by atoms with Crippen LogP contribution in [0.5, 0.6) is 0 Å². The first-order valence-corrected chi connectivity index (χ1v) is 7.70. The van der Waals surface area contributed by atoms with Gasteiger partial charge in [0.15, 0.2) is 0 Å². The molecule has 0 aliphatic carbocycles. The van der Waals surface area contributed by atoms with Gasteiger partial charge in [0.1, 0.15) is 0 Å². The van der Waals surface area contributed by atoms with Crippen molar-refractivity contribution in [2.45, 2.75) is 19.3 Å². The summed E-state index contributed by atoms with van der Waals surface area (Å²) in [6.45, 7) is 0.899. The lowest BCUT2D eigenvalue weighted by Crippen LogP contribution is -2.46. The number of carboxylic acids is 1. The van der Waals surface area contributed by atoms with Gasteiger partial charge in [0.25, 0.3) is 0 Å². The van der Waals surface area contributed by atoms with Crippen molar-refractivity contribution in [3.63, 3.8) is 0 Å². The molecule has 1 aromatic carbocycles. The zero-order valence-electron chi connectivity index (χ0n) is 11.9. The second-order valence-corrected chi connectivity index (χ2v) is 6.21. The third kappa shape index (κ3) is 4.12. The average molecular weight is 346 g/mol. The zero-order chi connectivity index (χ0) is 16.2. The largest absolute Gasteiger partial charge is 0.481 e. The van der Waals surface area contributed by atoms with Crippen molar-refractivity contribution in [3.05, 3.63) is 33.8 Å². The molecule has 1 aliphatic rings. The Bertz CT molecular complexity index is 571. The van der Waals surface area contributed by atoms with Gasteiger partial charge in [-0.05, 0) is 30.5 Å². The van der Waals surface area contributed by atoms with E-state index in [4.69, 9.17) is 27.9 Å². The Hall–Kier alpha value is -1.30. The van der Waals surface area contributed by atoms with Crippen molar-refractivity contribution in [1.29, 1.82) is 0 Å². The van der Waals surface area contributed by atoms with Gasteiger partial charge in [-0.3, -0.25) is 9.59 Å². The molecule has 0 unspecified atom stereocenters. The highest BCUT2D eigenvalue weighted by atomic mass is 35.5. The van der Waals surface area contributed by atoms with Crippen molar-refractivity contribution in [3.8, 4) is 0 Å². The molecule has 1 aliphatic heterocycles. The van der Waals surface area contributed by atoms with Gasteiger partial charge in [-0.2, -0.15) is 0 Å². The Kier molecular flexibility index (Phi) is 5.67. The summed E-state index contributed by atoms with van der Waals surface area (Å²) in [5.74, 6) is -1.14. The van der Waals surface area contributed by atoms with Gasteiger partial charge >= 0.3 is 5.97 Å². The van der Waals surface area contributed by atoms with Crippen molar-refractivity contribution >= 4 is 35.1 Å². The fourth-order valence-electron chi connectivity index (χ4n) is 2.39. The molecule has 0 bridgehead atoms. The van der Waals surface area contributed by atoms with Gasteiger partial charge in [0.05, 0.1) is 21.9 Å². The van der Waals surface area contributed by atoms with E-state index in [9.17, 15) is 14.7 Å². The van der Waals surface area contributed by atoms with Crippen LogP contribution in [-0.2, 0) is 20.7 Å². The summed E-state index contributed by atoms with van der Waals surface area (Å²) in [5, 5.41) is 12.9. The minimum Gasteiger partial charge on any atom is -0.481 e. The monoisotopic (exact) mass is 345 g/mol. The van der Waals surface area contributed by atoms with E-state index in [0.29, 0.717) is 36.1 Å². The summed E-state index contributed by atoms with van der Waals surface area (Å²) in [5.41, 5.74) is -0.214. The van der Waals surface area contributed by atoms with E-state index < -0.39 is 11.4 Å². The summed E-state index contributed by atoms with van der Waals surface area (Å²) in [6, 6.07) is 4.98. The van der Waals surface area contributed by atoms with Crippen molar-refractivity contribution < 1.29 is 19.4 Å². The number of carbonyl (C=O) groups is 2. The maximum Gasteiger partial charge on any atom is 0.311 e. The summed E-state index contributed by atoms with van der Waals surface area (Å²) in [7, 11) is 0. The summed E-state index contributed by atoms with van der Waals surface area (Å²) in [6.07, 6.45) is 0.924. The fourth-order valence-corrected chi connectivity index (χ4v) is 2.71. The molecule has 2 N–H and O–H groups in total. The maximum atomic E-state index is 12.0. The molecule has 1 aromatic rings. The van der Waals surface area contributed by atoms with Crippen LogP contribution in [0.2, 0.25) is 10.0 Å². The van der Waals surface area contributed by atoms with E-state index in [1.165, 1.54) is 0 Å². The van der Waals surface area contributed by atoms with Crippen molar-refractivity contribution in [2.24, 2.45) is 5.41 Å². The fraction of sp³-hybridized carbons (Fsp3) is 0.467. The van der Waals surface area contributed by atoms with Gasteiger partial charge in [-0.1, -0.05) is 29.3 Å². The number of amides is 1. The second kappa shape index (κ2) is 7.31. The molecule has 1 amide bonds. The van der Waals surface area contributed by atoms with Crippen LogP contribution in [0, 0.1) is 5.41 Å². The Morgan fingerprint density at radius 3 is 2.50 bits per heavy atom. The van der Waals surface area contributed by atoms with Crippen LogP contribution in [-0.4, -0.2) is 36.7 Å². The lowest BCUT2D eigenvalue weighted by atomic mass is 9.80. The zero-order valence-corrected chi connectivity index (χ0v) is 13.4. The van der Waals surface area contributed by atoms with Crippen LogP contribution >= 0.6 is 23.2 Å². The normalized spacial score (nSPS) is 17.0. The minimum atomic E-state index is -0.939. The van der Waals surface area contributed by atoms with E-state index in [1.54, 1.807) is 18.2 Å². The maximum absolute atomic E-state index is 12.0. The predicted octanol–water partition coefficient (Wildman–Crippen LogP) is 2.53. The number of hydrogen-bond donors (Lipinski definition) is 2. The molecular weight excluding hydrogens is 329 g/mol. The summed E-state index contributed by atoms with van der Waals surface area (Å²) in [4.78, 5) is 23.5. The minimum absolute atomic E-state index is 0.103. The van der Waals surface area contributed by atoms with Crippen molar-refractivity contribution in [2.75, 3.05) is 19.8 Å². The molecule has 1 fully saturated rings. The number of carbonyl (C=O) groups excluding carboxylic acids is 1. The van der Waals surface area contributed by atoms with Crippen LogP contribution in [0.1, 0.15) is 18.4 Å². The number of carboxylic acid groups (broad SMARTS) is 1. The number of aliphatic carboxylic acids is 1. The van der Waals surface area contributed by atoms with E-state index in [1.807, 2.05) is 0 Å². The number of ether oxygens (including phenoxy) is 1. The van der Waals surface area contributed by atoms with Gasteiger partial charge in [-0.25, -0.2) is 0 Å². The van der Waals surface area contributed by atoms with Gasteiger partial charge in [0.2, 0.25) is 5.91 Å². The van der Waals surface area contributed by atoms with Crippen LogP contribution in [0.25, 0.3) is 0 Å². The number of nitrogens with one attached hydrogen (secondary N) is 1. The van der Waals surface area contributed by atoms with Gasteiger partial charge in [0, 0.05) is 19.8 Å². The molecule has 0 spiro atoms. The summed E-state index contributed by atoms with van der Waals surface area (Å²) < 4.78 is 5.20. The molecular formula is C15H17Cl2NO4. The van der Waals surface area contributed by atoms with E-state index >= 15 is 0 Å². The molecule has 0 atom stereocenters. The SMILES string of the molecule is O=C(Cc1ccc(Cl)c(Cl)c1)NCC1(C(=O)O)CCOCC1. The smallest absolute Gasteiger partial charge is 0.311 e. The van der Waals surface area contributed by atoms with Crippen LogP contribution in [0.15, 0.2) is 18.2 Å². The molecule has 120 valence electrons. The van der Waals surface area contributed by atoms with Gasteiger partial charge < -0.3 is 15.2 Å². The highest BCUT2D eigenvalue weighted by Crippen LogP contribution is 2.30. The molecule has 7 heteroatoms. The van der Waals surface area contributed by atoms with Crippen LogP contribution in [0.4, 0.5) is 0 Å². The number of halogens is 2. The molecule has 0 saturated carbocycles. The second-order valence-electron chi connectivity index (χ2n) is 5.40. The number of benzene rings is 1. The summed E-state index contributed by atoms with van der Waals surface area (Å²) >= 11 is 11.7. The number of rotatable bonds is 5. The molecule has 2 rings (SSSR count). The van der Waals surface area contributed by atoms with E-state index in [2.05, 4.69) is 5.32 Å². The Morgan fingerprint density at radius 1 is 1.23 bits per heavy atom. The molecule has 5 nitrogen and oxygen atoms in total. The number of hydrogen-bond acceptors (Lipinski definition) is 3. The average Bonchev–Trinajstić information content (AvgIpc) is 2.50. The lowest BCUT2D eigenvalue weighted by molar-refractivity contribution is -0.154. The molecule has 0 aromatic heterocycles. The Balaban J connectivity index is 1.93. The van der Waals surface area contributed by atoms with Crippen LogP contribution in [0.3, 0.4) is 0 Å². The highest BCUT2D eigenvalue weighted by molar-refractivity contribution is 6.42. The topological polar surface area (TPSA) is 75.6 Å². The van der Waals surface area contributed by atoms with Gasteiger partial charge in [-0.15, -0.1) is 0 Å². The van der Waals surface area contributed by atoms with E-state index in [0.717, 1.165) is 5.56 Å². The predicted molar refractivity (Wildman–Crippen MR) is 83.3 cm³/mol. The first kappa shape index (κ1) is 17.1. The third-order valence-corrected chi connectivity index (χ3v) is 4.62. The quantitative estimate of drug-likeness (QED) is 0.859. The first-order valence-electron chi connectivity index (χ1n) is 6.95. The molecule has 0 radical (unpaired) electrons. The molecule has 1 saturated heterocycles. The van der Waals surface area contributed by atoms with Crippen molar-refractivity contribution in [1.82, 2.24) is 5.32 Å². The lowest BCUT2D eigenvalue weighted by Gasteiger charge is -2.33. The standard InChI is InChI=1S/C15H17Cl2NO4/c16-11-2-1-10(7-12(11)17)8-13(19)18-9-15(14(20)21)3-5-22-6-4-15/h1-2,7H,3-6,8-9H2,(H,18,19)(H,20,21). The molecule has 1 heterocycles. The Morgan fingerprint density at radius 2 is 1.91 bits per heavy atom. The Labute approximate surface area is 138 Å². The van der Waals surface area contributed by atoms with E-state index in [-0.39, 0.29) is 18.9 Å². The van der Waals surface area contributed by atoms with Crippen LogP contribution < -0.4 is 5.32 Å².